The number of carboxylic acid groups (broad SMARTS) is 1. The summed E-state index contributed by atoms with van der Waals surface area (Å²) >= 11 is 0. The van der Waals surface area contributed by atoms with Gasteiger partial charge in [0.05, 0.1) is 0 Å². The molecule has 1 fully saturated rings. The van der Waals surface area contributed by atoms with Crippen molar-refractivity contribution in [1.29, 1.82) is 0 Å². The molecule has 15 heavy (non-hydrogen) atoms. The van der Waals surface area contributed by atoms with Crippen LogP contribution >= 0.6 is 0 Å². The lowest BCUT2D eigenvalue weighted by atomic mass is 10.1. The van der Waals surface area contributed by atoms with E-state index in [0.29, 0.717) is 0 Å². The van der Waals surface area contributed by atoms with E-state index in [-0.39, 0.29) is 5.82 Å². The summed E-state index contributed by atoms with van der Waals surface area (Å²) in [5.41, 5.74) is 0. The van der Waals surface area contributed by atoms with Gasteiger partial charge in [-0.05, 0) is 25.3 Å². The van der Waals surface area contributed by atoms with Gasteiger partial charge in [0.1, 0.15) is 5.82 Å². The second-order valence-corrected chi connectivity index (χ2v) is 3.59. The maximum Gasteiger partial charge on any atom is 0.374 e. The fourth-order valence-electron chi connectivity index (χ4n) is 1.75. The lowest BCUT2D eigenvalue weighted by Crippen LogP contribution is -2.30. The van der Waals surface area contributed by atoms with Crippen LogP contribution in [0.15, 0.2) is 12.3 Å². The maximum atomic E-state index is 10.7. The predicted molar refractivity (Wildman–Crippen MR) is 55.1 cm³/mol. The zero-order valence-electron chi connectivity index (χ0n) is 8.39. The van der Waals surface area contributed by atoms with E-state index in [2.05, 4.69) is 14.9 Å². The first-order valence-electron chi connectivity index (χ1n) is 5.08. The van der Waals surface area contributed by atoms with Crippen LogP contribution < -0.4 is 4.90 Å². The number of hydrogen-bond donors (Lipinski definition) is 1. The third-order valence-electron chi connectivity index (χ3n) is 2.51. The van der Waals surface area contributed by atoms with Crippen LogP contribution in [0.5, 0.6) is 0 Å². The second kappa shape index (κ2) is 4.25. The molecule has 0 saturated carbocycles. The molecule has 2 rings (SSSR count). The molecule has 0 radical (unpaired) electrons. The topological polar surface area (TPSA) is 66.3 Å². The molecule has 0 spiro atoms. The molecule has 1 aromatic heterocycles. The van der Waals surface area contributed by atoms with Gasteiger partial charge in [-0.2, -0.15) is 0 Å². The predicted octanol–water partition coefficient (Wildman–Crippen LogP) is 1.17. The standard InChI is InChI=1S/C10H13N3O2/c14-10(15)9-11-5-4-8(12-9)13-6-2-1-3-7-13/h4-5H,1-3,6-7H2,(H,14,15). The fraction of sp³-hybridized carbons (Fsp3) is 0.500. The summed E-state index contributed by atoms with van der Waals surface area (Å²) in [6.07, 6.45) is 5.03. The third-order valence-corrected chi connectivity index (χ3v) is 2.51. The van der Waals surface area contributed by atoms with Crippen molar-refractivity contribution >= 4 is 11.8 Å². The van der Waals surface area contributed by atoms with Crippen LogP contribution in [0.3, 0.4) is 0 Å². The number of carbonyl (C=O) groups is 1. The van der Waals surface area contributed by atoms with Crippen LogP contribution in [-0.4, -0.2) is 34.1 Å². The Bertz CT molecular complexity index is 361. The Morgan fingerprint density at radius 3 is 2.73 bits per heavy atom. The molecule has 2 heterocycles. The van der Waals surface area contributed by atoms with Gasteiger partial charge in [0.2, 0.25) is 5.82 Å². The average molecular weight is 207 g/mol. The minimum absolute atomic E-state index is 0.127. The van der Waals surface area contributed by atoms with Crippen molar-refractivity contribution < 1.29 is 9.90 Å². The van der Waals surface area contributed by atoms with Gasteiger partial charge in [-0.1, -0.05) is 0 Å². The molecule has 0 bridgehead atoms. The van der Waals surface area contributed by atoms with E-state index >= 15 is 0 Å². The highest BCUT2D eigenvalue weighted by Crippen LogP contribution is 2.16. The molecular formula is C10H13N3O2. The van der Waals surface area contributed by atoms with Crippen molar-refractivity contribution in [1.82, 2.24) is 9.97 Å². The summed E-state index contributed by atoms with van der Waals surface area (Å²) in [5, 5.41) is 8.76. The van der Waals surface area contributed by atoms with E-state index in [1.165, 1.54) is 12.6 Å². The Labute approximate surface area is 87.8 Å². The molecule has 80 valence electrons. The molecule has 0 amide bonds. The molecule has 5 nitrogen and oxygen atoms in total. The molecule has 1 saturated heterocycles. The van der Waals surface area contributed by atoms with E-state index < -0.39 is 5.97 Å². The van der Waals surface area contributed by atoms with Crippen LogP contribution in [0.2, 0.25) is 0 Å². The molecule has 1 aliphatic heterocycles. The van der Waals surface area contributed by atoms with Gasteiger partial charge >= 0.3 is 5.97 Å². The smallest absolute Gasteiger partial charge is 0.374 e. The first-order valence-corrected chi connectivity index (χ1v) is 5.08. The largest absolute Gasteiger partial charge is 0.475 e. The number of aromatic nitrogens is 2. The van der Waals surface area contributed by atoms with Gasteiger partial charge in [0.15, 0.2) is 0 Å². The van der Waals surface area contributed by atoms with Crippen molar-refractivity contribution in [2.24, 2.45) is 0 Å². The zero-order chi connectivity index (χ0) is 10.7. The minimum Gasteiger partial charge on any atom is -0.475 e. The van der Waals surface area contributed by atoms with E-state index in [0.717, 1.165) is 31.7 Å². The Balaban J connectivity index is 2.19. The maximum absolute atomic E-state index is 10.7. The van der Waals surface area contributed by atoms with Crippen LogP contribution in [0, 0.1) is 0 Å². The molecule has 5 heteroatoms. The summed E-state index contributed by atoms with van der Waals surface area (Å²) in [6, 6.07) is 1.76. The fourth-order valence-corrected chi connectivity index (χ4v) is 1.75. The number of piperidine rings is 1. The molecule has 1 N–H and O–H groups in total. The minimum atomic E-state index is -1.08. The highest BCUT2D eigenvalue weighted by Gasteiger charge is 2.14. The Morgan fingerprint density at radius 2 is 2.07 bits per heavy atom. The normalized spacial score (nSPS) is 16.4. The molecular weight excluding hydrogens is 194 g/mol. The van der Waals surface area contributed by atoms with Gasteiger partial charge in [0.25, 0.3) is 0 Å². The number of anilines is 1. The zero-order valence-corrected chi connectivity index (χ0v) is 8.39. The Morgan fingerprint density at radius 1 is 1.33 bits per heavy atom. The first kappa shape index (κ1) is 9.89. The SMILES string of the molecule is O=C(O)c1nccc(N2CCCCC2)n1. The van der Waals surface area contributed by atoms with Crippen molar-refractivity contribution in [2.75, 3.05) is 18.0 Å². The number of nitrogens with zero attached hydrogens (tertiary/aromatic N) is 3. The third kappa shape index (κ3) is 2.23. The Kier molecular flexibility index (Phi) is 2.80. The van der Waals surface area contributed by atoms with Crippen molar-refractivity contribution in [3.05, 3.63) is 18.1 Å². The number of rotatable bonds is 2. The summed E-state index contributed by atoms with van der Waals surface area (Å²) < 4.78 is 0. The number of carboxylic acids is 1. The van der Waals surface area contributed by atoms with Crippen LogP contribution in [0.1, 0.15) is 29.9 Å². The summed E-state index contributed by atoms with van der Waals surface area (Å²) in [5.74, 6) is -0.478. The second-order valence-electron chi connectivity index (χ2n) is 3.59. The molecule has 1 aromatic rings. The van der Waals surface area contributed by atoms with Crippen molar-refractivity contribution in [3.8, 4) is 0 Å². The summed E-state index contributed by atoms with van der Waals surface area (Å²) in [4.78, 5) is 20.5. The highest BCUT2D eigenvalue weighted by atomic mass is 16.4. The highest BCUT2D eigenvalue weighted by molar-refractivity contribution is 5.83. The average Bonchev–Trinajstić information content (AvgIpc) is 2.30. The number of hydrogen-bond acceptors (Lipinski definition) is 4. The van der Waals surface area contributed by atoms with E-state index in [1.54, 1.807) is 6.07 Å². The molecule has 0 aliphatic carbocycles. The lowest BCUT2D eigenvalue weighted by molar-refractivity contribution is 0.0683. The van der Waals surface area contributed by atoms with Crippen LogP contribution in [0.25, 0.3) is 0 Å². The van der Waals surface area contributed by atoms with Crippen molar-refractivity contribution in [2.45, 2.75) is 19.3 Å². The van der Waals surface area contributed by atoms with Gasteiger partial charge < -0.3 is 10.0 Å². The number of aromatic carboxylic acids is 1. The molecule has 0 unspecified atom stereocenters. The molecule has 0 aromatic carbocycles. The van der Waals surface area contributed by atoms with Gasteiger partial charge in [-0.3, -0.25) is 0 Å². The summed E-state index contributed by atoms with van der Waals surface area (Å²) in [6.45, 7) is 1.91. The first-order chi connectivity index (χ1) is 7.27. The van der Waals surface area contributed by atoms with E-state index in [4.69, 9.17) is 5.11 Å². The quantitative estimate of drug-likeness (QED) is 0.788. The van der Waals surface area contributed by atoms with Crippen molar-refractivity contribution in [3.63, 3.8) is 0 Å². The van der Waals surface area contributed by atoms with Gasteiger partial charge in [-0.15, -0.1) is 0 Å². The van der Waals surface area contributed by atoms with Gasteiger partial charge in [0, 0.05) is 19.3 Å². The van der Waals surface area contributed by atoms with Crippen LogP contribution in [-0.2, 0) is 0 Å². The lowest BCUT2D eigenvalue weighted by Gasteiger charge is -2.27. The monoisotopic (exact) mass is 207 g/mol. The Hall–Kier alpha value is -1.65. The molecule has 0 atom stereocenters. The van der Waals surface area contributed by atoms with E-state index in [1.807, 2.05) is 0 Å². The van der Waals surface area contributed by atoms with E-state index in [9.17, 15) is 4.79 Å². The van der Waals surface area contributed by atoms with Gasteiger partial charge in [-0.25, -0.2) is 14.8 Å². The molecule has 1 aliphatic rings. The summed E-state index contributed by atoms with van der Waals surface area (Å²) in [7, 11) is 0. The van der Waals surface area contributed by atoms with Crippen LogP contribution in [0.4, 0.5) is 5.82 Å².